The summed E-state index contributed by atoms with van der Waals surface area (Å²) in [5.41, 5.74) is 5.01. The van der Waals surface area contributed by atoms with Crippen molar-refractivity contribution in [1.29, 1.82) is 0 Å². The Morgan fingerprint density at radius 3 is 2.68 bits per heavy atom. The molecule has 0 saturated carbocycles. The molecule has 0 amide bonds. The van der Waals surface area contributed by atoms with Gasteiger partial charge in [0.05, 0.1) is 4.92 Å². The fraction of sp³-hybridized carbons (Fsp3) is 0.455. The van der Waals surface area contributed by atoms with Crippen molar-refractivity contribution in [2.45, 2.75) is 26.8 Å². The minimum absolute atomic E-state index is 0.135. The molecule has 19 heavy (non-hydrogen) atoms. The second kappa shape index (κ2) is 5.98. The van der Waals surface area contributed by atoms with Crippen LogP contribution in [0.5, 0.6) is 0 Å². The van der Waals surface area contributed by atoms with Gasteiger partial charge >= 0.3 is 0 Å². The highest BCUT2D eigenvalue weighted by atomic mass is 16.6. The second-order valence-electron chi connectivity index (χ2n) is 4.16. The fourth-order valence-corrected chi connectivity index (χ4v) is 1.78. The third-order valence-corrected chi connectivity index (χ3v) is 2.66. The number of amidine groups is 1. The topological polar surface area (TPSA) is 118 Å². The Morgan fingerprint density at radius 2 is 2.26 bits per heavy atom. The number of nitrogens with zero attached hydrogens (tertiary/aromatic N) is 4. The van der Waals surface area contributed by atoms with Crippen LogP contribution in [0.4, 0.5) is 11.5 Å². The van der Waals surface area contributed by atoms with Gasteiger partial charge < -0.3 is 15.8 Å². The van der Waals surface area contributed by atoms with Crippen molar-refractivity contribution >= 4 is 17.3 Å². The molecule has 8 heteroatoms. The lowest BCUT2D eigenvalue weighted by Gasteiger charge is -2.26. The average Bonchev–Trinajstić information content (AvgIpc) is 2.37. The van der Waals surface area contributed by atoms with Crippen molar-refractivity contribution in [1.82, 2.24) is 4.98 Å². The van der Waals surface area contributed by atoms with E-state index >= 15 is 0 Å². The van der Waals surface area contributed by atoms with E-state index in [-0.39, 0.29) is 23.3 Å². The highest BCUT2D eigenvalue weighted by Gasteiger charge is 2.21. The van der Waals surface area contributed by atoms with Crippen molar-refractivity contribution in [2.75, 3.05) is 11.4 Å². The first-order valence-corrected chi connectivity index (χ1v) is 5.82. The van der Waals surface area contributed by atoms with Gasteiger partial charge in [-0.25, -0.2) is 4.98 Å². The molecule has 1 aromatic heterocycles. The number of hydrogen-bond acceptors (Lipinski definition) is 6. The zero-order valence-corrected chi connectivity index (χ0v) is 11.1. The molecule has 1 heterocycles. The van der Waals surface area contributed by atoms with Gasteiger partial charge in [-0.1, -0.05) is 5.16 Å². The molecule has 0 saturated heterocycles. The van der Waals surface area contributed by atoms with Gasteiger partial charge in [0.1, 0.15) is 5.82 Å². The first-order chi connectivity index (χ1) is 8.92. The van der Waals surface area contributed by atoms with Gasteiger partial charge in [0.25, 0.3) is 5.69 Å². The maximum absolute atomic E-state index is 10.9. The minimum atomic E-state index is -0.615. The number of oxime groups is 1. The van der Waals surface area contributed by atoms with Gasteiger partial charge in [-0.05, 0) is 26.8 Å². The van der Waals surface area contributed by atoms with Crippen LogP contribution in [0, 0.1) is 10.1 Å². The van der Waals surface area contributed by atoms with Gasteiger partial charge in [0, 0.05) is 18.7 Å². The molecule has 8 nitrogen and oxygen atoms in total. The fourth-order valence-electron chi connectivity index (χ4n) is 1.78. The largest absolute Gasteiger partial charge is 0.409 e. The Kier molecular flexibility index (Phi) is 4.62. The summed E-state index contributed by atoms with van der Waals surface area (Å²) < 4.78 is 0. The third-order valence-electron chi connectivity index (χ3n) is 2.66. The van der Waals surface area contributed by atoms with Crippen molar-refractivity contribution < 1.29 is 10.1 Å². The van der Waals surface area contributed by atoms with E-state index in [0.29, 0.717) is 12.4 Å². The van der Waals surface area contributed by atoms with Crippen molar-refractivity contribution in [3.8, 4) is 0 Å². The van der Waals surface area contributed by atoms with Crippen LogP contribution in [0.1, 0.15) is 26.5 Å². The summed E-state index contributed by atoms with van der Waals surface area (Å²) in [4.78, 5) is 16.3. The molecule has 1 rings (SSSR count). The lowest BCUT2D eigenvalue weighted by Crippen LogP contribution is -2.32. The molecular formula is C11H17N5O3. The SMILES string of the molecule is CCN(c1ccc([N+](=O)[O-])c(/C(N)=N/O)n1)C(C)C. The number of nitrogens with two attached hydrogens (primary N) is 1. The standard InChI is InChI=1S/C11H17N5O3/c1-4-15(7(2)3)9-6-5-8(16(18)19)10(13-9)11(12)14-17/h5-7,17H,4H2,1-3H3,(H2,12,14). The zero-order chi connectivity index (χ0) is 14.6. The lowest BCUT2D eigenvalue weighted by molar-refractivity contribution is -0.385. The Bertz CT molecular complexity index is 501. The van der Waals surface area contributed by atoms with Gasteiger partial charge in [0.15, 0.2) is 11.5 Å². The van der Waals surface area contributed by atoms with Gasteiger partial charge in [0.2, 0.25) is 0 Å². The van der Waals surface area contributed by atoms with E-state index in [9.17, 15) is 10.1 Å². The minimum Gasteiger partial charge on any atom is -0.409 e. The monoisotopic (exact) mass is 267 g/mol. The third kappa shape index (κ3) is 3.09. The predicted molar refractivity (Wildman–Crippen MR) is 71.6 cm³/mol. The Labute approximate surface area is 110 Å². The van der Waals surface area contributed by atoms with E-state index in [2.05, 4.69) is 10.1 Å². The molecule has 3 N–H and O–H groups in total. The summed E-state index contributed by atoms with van der Waals surface area (Å²) in [7, 11) is 0. The molecular weight excluding hydrogens is 250 g/mol. The maximum Gasteiger partial charge on any atom is 0.298 e. The normalized spacial score (nSPS) is 11.7. The van der Waals surface area contributed by atoms with E-state index < -0.39 is 4.92 Å². The van der Waals surface area contributed by atoms with E-state index in [4.69, 9.17) is 10.9 Å². The van der Waals surface area contributed by atoms with Crippen LogP contribution in [0.15, 0.2) is 17.3 Å². The van der Waals surface area contributed by atoms with Crippen molar-refractivity contribution in [3.63, 3.8) is 0 Å². The number of aromatic nitrogens is 1. The molecule has 0 fully saturated rings. The van der Waals surface area contributed by atoms with E-state index in [1.165, 1.54) is 6.07 Å². The van der Waals surface area contributed by atoms with Crippen LogP contribution in [-0.2, 0) is 0 Å². The molecule has 1 aromatic rings. The summed E-state index contributed by atoms with van der Waals surface area (Å²) in [6.07, 6.45) is 0. The zero-order valence-electron chi connectivity index (χ0n) is 11.1. The smallest absolute Gasteiger partial charge is 0.298 e. The number of pyridine rings is 1. The molecule has 0 spiro atoms. The summed E-state index contributed by atoms with van der Waals surface area (Å²) >= 11 is 0. The number of rotatable bonds is 5. The molecule has 0 atom stereocenters. The van der Waals surface area contributed by atoms with Crippen LogP contribution in [0.3, 0.4) is 0 Å². The summed E-state index contributed by atoms with van der Waals surface area (Å²) in [5, 5.41) is 22.3. The quantitative estimate of drug-likeness (QED) is 0.273. The Morgan fingerprint density at radius 1 is 1.63 bits per heavy atom. The molecule has 0 aromatic carbocycles. The Balaban J connectivity index is 3.37. The lowest BCUT2D eigenvalue weighted by atomic mass is 10.2. The van der Waals surface area contributed by atoms with Gasteiger partial charge in [-0.2, -0.15) is 0 Å². The second-order valence-corrected chi connectivity index (χ2v) is 4.16. The molecule has 0 radical (unpaired) electrons. The van der Waals surface area contributed by atoms with Crippen LogP contribution >= 0.6 is 0 Å². The molecule has 0 bridgehead atoms. The number of nitro groups is 1. The summed E-state index contributed by atoms with van der Waals surface area (Å²) in [5.74, 6) is 0.165. The maximum atomic E-state index is 10.9. The van der Waals surface area contributed by atoms with Crippen LogP contribution < -0.4 is 10.6 Å². The highest BCUT2D eigenvalue weighted by molar-refractivity contribution is 5.99. The number of anilines is 1. The summed E-state index contributed by atoms with van der Waals surface area (Å²) in [6.45, 7) is 6.61. The van der Waals surface area contributed by atoms with E-state index in [0.717, 1.165) is 0 Å². The van der Waals surface area contributed by atoms with Crippen LogP contribution in [0.2, 0.25) is 0 Å². The molecule has 0 aliphatic carbocycles. The molecule has 0 aliphatic heterocycles. The summed E-state index contributed by atoms with van der Waals surface area (Å²) in [6, 6.07) is 3.04. The van der Waals surface area contributed by atoms with Gasteiger partial charge in [-0.15, -0.1) is 0 Å². The predicted octanol–water partition coefficient (Wildman–Crippen LogP) is 1.32. The average molecular weight is 267 g/mol. The van der Waals surface area contributed by atoms with E-state index in [1.807, 2.05) is 25.7 Å². The van der Waals surface area contributed by atoms with Crippen LogP contribution in [0.25, 0.3) is 0 Å². The molecule has 0 unspecified atom stereocenters. The van der Waals surface area contributed by atoms with E-state index in [1.54, 1.807) is 6.07 Å². The first kappa shape index (κ1) is 14.7. The first-order valence-electron chi connectivity index (χ1n) is 5.82. The van der Waals surface area contributed by atoms with Crippen LogP contribution in [-0.4, -0.2) is 33.5 Å². The molecule has 104 valence electrons. The number of hydrogen-bond donors (Lipinski definition) is 2. The van der Waals surface area contributed by atoms with Crippen molar-refractivity contribution in [2.24, 2.45) is 10.9 Å². The van der Waals surface area contributed by atoms with Gasteiger partial charge in [-0.3, -0.25) is 10.1 Å². The molecule has 0 aliphatic rings. The highest BCUT2D eigenvalue weighted by Crippen LogP contribution is 2.22. The van der Waals surface area contributed by atoms with Crippen molar-refractivity contribution in [3.05, 3.63) is 27.9 Å². The Hall–Kier alpha value is -2.38.